The van der Waals surface area contributed by atoms with Gasteiger partial charge in [-0.2, -0.15) is 0 Å². The first-order valence-electron chi connectivity index (χ1n) is 6.40. The molecular formula is C14H13Cl2N3O2S. The summed E-state index contributed by atoms with van der Waals surface area (Å²) in [7, 11) is 0. The SMILES string of the molecule is O=C(O)CSc1nc(Cl)cc(NCCc2ccc(Cl)cc2)n1. The van der Waals surface area contributed by atoms with Gasteiger partial charge in [0.2, 0.25) is 0 Å². The lowest BCUT2D eigenvalue weighted by molar-refractivity contribution is -0.133. The zero-order chi connectivity index (χ0) is 15.9. The second kappa shape index (κ2) is 8.22. The third-order valence-corrected chi connectivity index (χ3v) is 3.91. The zero-order valence-electron chi connectivity index (χ0n) is 11.4. The molecule has 0 fully saturated rings. The summed E-state index contributed by atoms with van der Waals surface area (Å²) in [4.78, 5) is 18.8. The van der Waals surface area contributed by atoms with Gasteiger partial charge in [0.25, 0.3) is 0 Å². The molecular weight excluding hydrogens is 345 g/mol. The van der Waals surface area contributed by atoms with Crippen LogP contribution < -0.4 is 5.32 Å². The average Bonchev–Trinajstić information content (AvgIpc) is 2.47. The van der Waals surface area contributed by atoms with Crippen molar-refractivity contribution in [3.63, 3.8) is 0 Å². The normalized spacial score (nSPS) is 10.5. The molecule has 0 saturated heterocycles. The van der Waals surface area contributed by atoms with Crippen LogP contribution in [0.1, 0.15) is 5.56 Å². The van der Waals surface area contributed by atoms with Crippen LogP contribution in [-0.4, -0.2) is 33.3 Å². The van der Waals surface area contributed by atoms with Crippen LogP contribution in [0.2, 0.25) is 10.2 Å². The Morgan fingerprint density at radius 3 is 2.64 bits per heavy atom. The first-order chi connectivity index (χ1) is 10.5. The Labute approximate surface area is 142 Å². The number of aromatic nitrogens is 2. The second-order valence-electron chi connectivity index (χ2n) is 4.34. The summed E-state index contributed by atoms with van der Waals surface area (Å²) in [5.41, 5.74) is 1.15. The fourth-order valence-electron chi connectivity index (χ4n) is 1.66. The maximum atomic E-state index is 10.6. The number of halogens is 2. The molecule has 0 aliphatic carbocycles. The van der Waals surface area contributed by atoms with Crippen LogP contribution in [0.25, 0.3) is 0 Å². The molecule has 0 aliphatic heterocycles. The van der Waals surface area contributed by atoms with Crippen molar-refractivity contribution < 1.29 is 9.90 Å². The van der Waals surface area contributed by atoms with Crippen LogP contribution >= 0.6 is 35.0 Å². The van der Waals surface area contributed by atoms with Crippen molar-refractivity contribution in [1.29, 1.82) is 0 Å². The van der Waals surface area contributed by atoms with E-state index in [0.717, 1.165) is 23.7 Å². The molecule has 2 N–H and O–H groups in total. The molecule has 0 amide bonds. The van der Waals surface area contributed by atoms with Crippen molar-refractivity contribution in [3.05, 3.63) is 46.1 Å². The summed E-state index contributed by atoms with van der Waals surface area (Å²) in [6, 6.07) is 9.22. The summed E-state index contributed by atoms with van der Waals surface area (Å²) in [5.74, 6) is -0.461. The Kier molecular flexibility index (Phi) is 6.30. The van der Waals surface area contributed by atoms with Gasteiger partial charge in [-0.3, -0.25) is 4.79 Å². The van der Waals surface area contributed by atoms with E-state index in [1.165, 1.54) is 0 Å². The van der Waals surface area contributed by atoms with Gasteiger partial charge in [0, 0.05) is 17.6 Å². The molecule has 0 atom stereocenters. The van der Waals surface area contributed by atoms with E-state index in [1.807, 2.05) is 24.3 Å². The molecule has 116 valence electrons. The molecule has 0 spiro atoms. The van der Waals surface area contributed by atoms with E-state index in [1.54, 1.807) is 6.07 Å². The number of rotatable bonds is 7. The average molecular weight is 358 g/mol. The number of aliphatic carboxylic acids is 1. The predicted octanol–water partition coefficient (Wildman–Crippen LogP) is 3.61. The number of thioether (sulfide) groups is 1. The molecule has 0 radical (unpaired) electrons. The minimum Gasteiger partial charge on any atom is -0.481 e. The van der Waals surface area contributed by atoms with E-state index < -0.39 is 5.97 Å². The van der Waals surface area contributed by atoms with E-state index >= 15 is 0 Å². The minimum atomic E-state index is -0.925. The standard InChI is InChI=1S/C14H13Cl2N3O2S/c15-10-3-1-9(2-4-10)5-6-17-12-7-11(16)18-14(19-12)22-8-13(20)21/h1-4,7H,5-6,8H2,(H,20,21)(H,17,18,19). The van der Waals surface area contributed by atoms with Gasteiger partial charge in [-0.05, 0) is 24.1 Å². The van der Waals surface area contributed by atoms with E-state index in [4.69, 9.17) is 28.3 Å². The van der Waals surface area contributed by atoms with E-state index in [2.05, 4.69) is 15.3 Å². The summed E-state index contributed by atoms with van der Waals surface area (Å²) >= 11 is 12.8. The fraction of sp³-hybridized carbons (Fsp3) is 0.214. The number of hydrogen-bond acceptors (Lipinski definition) is 5. The third kappa shape index (κ3) is 5.71. The first kappa shape index (κ1) is 16.9. The maximum absolute atomic E-state index is 10.6. The highest BCUT2D eigenvalue weighted by molar-refractivity contribution is 7.99. The molecule has 2 rings (SSSR count). The summed E-state index contributed by atoms with van der Waals surface area (Å²) in [5, 5.41) is 13.1. The second-order valence-corrected chi connectivity index (χ2v) is 6.11. The Morgan fingerprint density at radius 2 is 1.95 bits per heavy atom. The molecule has 1 heterocycles. The van der Waals surface area contributed by atoms with Crippen molar-refractivity contribution in [3.8, 4) is 0 Å². The molecule has 8 heteroatoms. The first-order valence-corrected chi connectivity index (χ1v) is 8.14. The van der Waals surface area contributed by atoms with Crippen LogP contribution in [0.3, 0.4) is 0 Å². The maximum Gasteiger partial charge on any atom is 0.313 e. The summed E-state index contributed by atoms with van der Waals surface area (Å²) < 4.78 is 0. The van der Waals surface area contributed by atoms with Gasteiger partial charge < -0.3 is 10.4 Å². The molecule has 5 nitrogen and oxygen atoms in total. The molecule has 22 heavy (non-hydrogen) atoms. The number of carboxylic acid groups (broad SMARTS) is 1. The van der Waals surface area contributed by atoms with E-state index in [-0.39, 0.29) is 10.9 Å². The predicted molar refractivity (Wildman–Crippen MR) is 89.0 cm³/mol. The molecule has 1 aromatic heterocycles. The smallest absolute Gasteiger partial charge is 0.313 e. The Morgan fingerprint density at radius 1 is 1.23 bits per heavy atom. The van der Waals surface area contributed by atoms with Gasteiger partial charge in [0.1, 0.15) is 11.0 Å². The molecule has 0 bridgehead atoms. The Bertz CT molecular complexity index is 653. The van der Waals surface area contributed by atoms with E-state index in [0.29, 0.717) is 22.5 Å². The molecule has 0 saturated carbocycles. The number of carboxylic acids is 1. The number of anilines is 1. The van der Waals surface area contributed by atoms with Crippen LogP contribution in [0.4, 0.5) is 5.82 Å². The highest BCUT2D eigenvalue weighted by Crippen LogP contribution is 2.19. The fourth-order valence-corrected chi connectivity index (χ4v) is 2.60. The summed E-state index contributed by atoms with van der Waals surface area (Å²) in [6.45, 7) is 0.665. The quantitative estimate of drug-likeness (QED) is 0.447. The van der Waals surface area contributed by atoms with Gasteiger partial charge in [0.05, 0.1) is 5.75 Å². The topological polar surface area (TPSA) is 75.1 Å². The van der Waals surface area contributed by atoms with Crippen LogP contribution in [0.5, 0.6) is 0 Å². The van der Waals surface area contributed by atoms with Crippen molar-refractivity contribution in [2.75, 3.05) is 17.6 Å². The number of nitrogens with one attached hydrogen (secondary N) is 1. The lowest BCUT2D eigenvalue weighted by Crippen LogP contribution is -2.07. The lowest BCUT2D eigenvalue weighted by atomic mass is 10.1. The molecule has 0 unspecified atom stereocenters. The number of carbonyl (C=O) groups is 1. The van der Waals surface area contributed by atoms with Gasteiger partial charge in [-0.1, -0.05) is 47.1 Å². The Hall–Kier alpha value is -1.50. The molecule has 0 aliphatic rings. The third-order valence-electron chi connectivity index (χ3n) is 2.63. The zero-order valence-corrected chi connectivity index (χ0v) is 13.8. The number of hydrogen-bond donors (Lipinski definition) is 2. The van der Waals surface area contributed by atoms with Crippen molar-refractivity contribution >= 4 is 46.8 Å². The monoisotopic (exact) mass is 357 g/mol. The lowest BCUT2D eigenvalue weighted by Gasteiger charge is -2.07. The largest absolute Gasteiger partial charge is 0.481 e. The van der Waals surface area contributed by atoms with Crippen LogP contribution in [-0.2, 0) is 11.2 Å². The van der Waals surface area contributed by atoms with Crippen LogP contribution in [0, 0.1) is 0 Å². The summed E-state index contributed by atoms with van der Waals surface area (Å²) in [6.07, 6.45) is 0.802. The molecule has 1 aromatic carbocycles. The Balaban J connectivity index is 1.91. The highest BCUT2D eigenvalue weighted by atomic mass is 35.5. The van der Waals surface area contributed by atoms with Crippen molar-refractivity contribution in [2.24, 2.45) is 0 Å². The number of benzene rings is 1. The van der Waals surface area contributed by atoms with Gasteiger partial charge in [-0.15, -0.1) is 0 Å². The van der Waals surface area contributed by atoms with Gasteiger partial charge >= 0.3 is 5.97 Å². The van der Waals surface area contributed by atoms with Gasteiger partial charge in [-0.25, -0.2) is 9.97 Å². The van der Waals surface area contributed by atoms with E-state index in [9.17, 15) is 4.79 Å². The minimum absolute atomic E-state index is 0.107. The highest BCUT2D eigenvalue weighted by Gasteiger charge is 2.06. The van der Waals surface area contributed by atoms with Crippen LogP contribution in [0.15, 0.2) is 35.5 Å². The molecule has 2 aromatic rings. The van der Waals surface area contributed by atoms with Crippen molar-refractivity contribution in [2.45, 2.75) is 11.6 Å². The van der Waals surface area contributed by atoms with Crippen molar-refractivity contribution in [1.82, 2.24) is 9.97 Å². The number of nitrogens with zero attached hydrogens (tertiary/aromatic N) is 2. The van der Waals surface area contributed by atoms with Gasteiger partial charge in [0.15, 0.2) is 5.16 Å².